The first-order valence-electron chi connectivity index (χ1n) is 7.49. The van der Waals surface area contributed by atoms with Gasteiger partial charge in [0.1, 0.15) is 5.75 Å². The maximum absolute atomic E-state index is 12.6. The maximum Gasteiger partial charge on any atom is 0.264 e. The van der Waals surface area contributed by atoms with Crippen molar-refractivity contribution >= 4 is 22.4 Å². The zero-order valence-corrected chi connectivity index (χ0v) is 13.0. The molecule has 2 aliphatic heterocycles. The molecule has 1 aromatic carbocycles. The number of carbonyl (C=O) groups excluding carboxylic acids is 1. The maximum atomic E-state index is 12.6. The molecule has 0 saturated carbocycles. The number of para-hydroxylation sites is 1. The number of thiazole rings is 1. The Morgan fingerprint density at radius 2 is 2.05 bits per heavy atom. The van der Waals surface area contributed by atoms with E-state index in [1.54, 1.807) is 11.3 Å². The molecular formula is C16H17N3O2S. The highest BCUT2D eigenvalue weighted by atomic mass is 32.1. The Bertz CT molecular complexity index is 641. The summed E-state index contributed by atoms with van der Waals surface area (Å²) in [4.78, 5) is 21.1. The standard InChI is InChI=1S/C16H17N3O2S/c20-15(14-11-12-3-1-2-4-13(12)21-14)18-6-8-19(9-7-18)16-17-5-10-22-16/h1-5,10,14H,6-9,11H2/t14-/m0/s1. The van der Waals surface area contributed by atoms with Crippen molar-refractivity contribution < 1.29 is 9.53 Å². The number of ether oxygens (including phenoxy) is 1. The summed E-state index contributed by atoms with van der Waals surface area (Å²) in [7, 11) is 0. The number of rotatable bonds is 2. The van der Waals surface area contributed by atoms with Crippen molar-refractivity contribution in [3.63, 3.8) is 0 Å². The van der Waals surface area contributed by atoms with E-state index in [-0.39, 0.29) is 12.0 Å². The molecule has 5 nitrogen and oxygen atoms in total. The van der Waals surface area contributed by atoms with Crippen molar-refractivity contribution in [1.82, 2.24) is 9.88 Å². The number of piperazine rings is 1. The van der Waals surface area contributed by atoms with Crippen LogP contribution in [-0.4, -0.2) is 48.1 Å². The fourth-order valence-electron chi connectivity index (χ4n) is 3.01. The van der Waals surface area contributed by atoms with Crippen LogP contribution in [0.4, 0.5) is 5.13 Å². The molecule has 0 bridgehead atoms. The third-order valence-corrected chi connectivity index (χ3v) is 5.04. The summed E-state index contributed by atoms with van der Waals surface area (Å²) in [6.45, 7) is 3.13. The van der Waals surface area contributed by atoms with E-state index in [9.17, 15) is 4.79 Å². The van der Waals surface area contributed by atoms with Gasteiger partial charge in [0, 0.05) is 44.2 Å². The fraction of sp³-hybridized carbons (Fsp3) is 0.375. The van der Waals surface area contributed by atoms with Gasteiger partial charge in [0.2, 0.25) is 0 Å². The monoisotopic (exact) mass is 315 g/mol. The topological polar surface area (TPSA) is 45.7 Å². The highest BCUT2D eigenvalue weighted by Crippen LogP contribution is 2.29. The number of anilines is 1. The number of nitrogens with zero attached hydrogens (tertiary/aromatic N) is 3. The lowest BCUT2D eigenvalue weighted by Crippen LogP contribution is -2.52. The molecule has 22 heavy (non-hydrogen) atoms. The van der Waals surface area contributed by atoms with E-state index in [0.717, 1.165) is 42.6 Å². The second-order valence-corrected chi connectivity index (χ2v) is 6.42. The minimum Gasteiger partial charge on any atom is -0.480 e. The van der Waals surface area contributed by atoms with Crippen molar-refractivity contribution in [3.05, 3.63) is 41.4 Å². The first-order chi connectivity index (χ1) is 10.8. The summed E-state index contributed by atoms with van der Waals surface area (Å²) < 4.78 is 5.81. The largest absolute Gasteiger partial charge is 0.480 e. The molecule has 114 valence electrons. The summed E-state index contributed by atoms with van der Waals surface area (Å²) >= 11 is 1.64. The highest BCUT2D eigenvalue weighted by Gasteiger charge is 2.33. The van der Waals surface area contributed by atoms with Gasteiger partial charge in [-0.15, -0.1) is 11.3 Å². The van der Waals surface area contributed by atoms with Gasteiger partial charge in [-0.25, -0.2) is 4.98 Å². The van der Waals surface area contributed by atoms with Gasteiger partial charge < -0.3 is 14.5 Å². The molecule has 0 aliphatic carbocycles. The highest BCUT2D eigenvalue weighted by molar-refractivity contribution is 7.13. The SMILES string of the molecule is O=C([C@@H]1Cc2ccccc2O1)N1CCN(c2nccs2)CC1. The minimum absolute atomic E-state index is 0.106. The van der Waals surface area contributed by atoms with Crippen LogP contribution in [0.1, 0.15) is 5.56 Å². The quantitative estimate of drug-likeness (QED) is 0.848. The van der Waals surface area contributed by atoms with E-state index in [0.29, 0.717) is 6.42 Å². The lowest BCUT2D eigenvalue weighted by atomic mass is 10.1. The molecule has 1 fully saturated rings. The van der Waals surface area contributed by atoms with Gasteiger partial charge in [0.25, 0.3) is 5.91 Å². The van der Waals surface area contributed by atoms with Gasteiger partial charge in [-0.3, -0.25) is 4.79 Å². The molecular weight excluding hydrogens is 298 g/mol. The first-order valence-corrected chi connectivity index (χ1v) is 8.37. The average Bonchev–Trinajstić information content (AvgIpc) is 3.23. The Hall–Kier alpha value is -2.08. The Morgan fingerprint density at radius 1 is 1.23 bits per heavy atom. The summed E-state index contributed by atoms with van der Waals surface area (Å²) in [5.74, 6) is 0.956. The van der Waals surface area contributed by atoms with Crippen molar-refractivity contribution in [2.45, 2.75) is 12.5 Å². The Kier molecular flexibility index (Phi) is 3.46. The molecule has 0 radical (unpaired) electrons. The van der Waals surface area contributed by atoms with Crippen LogP contribution in [0.2, 0.25) is 0 Å². The normalized spacial score (nSPS) is 20.6. The first kappa shape index (κ1) is 13.6. The van der Waals surface area contributed by atoms with Crippen LogP contribution in [0.15, 0.2) is 35.8 Å². The zero-order valence-electron chi connectivity index (χ0n) is 12.1. The molecule has 0 N–H and O–H groups in total. The van der Waals surface area contributed by atoms with Crippen molar-refractivity contribution in [1.29, 1.82) is 0 Å². The van der Waals surface area contributed by atoms with E-state index in [1.165, 1.54) is 0 Å². The van der Waals surface area contributed by atoms with Crippen LogP contribution in [-0.2, 0) is 11.2 Å². The van der Waals surface area contributed by atoms with E-state index in [1.807, 2.05) is 40.7 Å². The fourth-order valence-corrected chi connectivity index (χ4v) is 3.71. The lowest BCUT2D eigenvalue weighted by molar-refractivity contribution is -0.138. The second-order valence-electron chi connectivity index (χ2n) is 5.55. The third-order valence-electron chi connectivity index (χ3n) is 4.20. The molecule has 4 rings (SSSR count). The number of fused-ring (bicyclic) bond motifs is 1. The molecule has 6 heteroatoms. The van der Waals surface area contributed by atoms with Gasteiger partial charge in [-0.05, 0) is 11.6 Å². The lowest BCUT2D eigenvalue weighted by Gasteiger charge is -2.35. The number of hydrogen-bond acceptors (Lipinski definition) is 5. The Morgan fingerprint density at radius 3 is 2.77 bits per heavy atom. The van der Waals surface area contributed by atoms with Gasteiger partial charge in [-0.2, -0.15) is 0 Å². The molecule has 2 aliphatic rings. The minimum atomic E-state index is -0.358. The van der Waals surface area contributed by atoms with Crippen molar-refractivity contribution in [2.75, 3.05) is 31.1 Å². The summed E-state index contributed by atoms with van der Waals surface area (Å²) in [6.07, 6.45) is 2.15. The predicted molar refractivity (Wildman–Crippen MR) is 85.5 cm³/mol. The molecule has 0 unspecified atom stereocenters. The second kappa shape index (κ2) is 5.61. The molecule has 1 saturated heterocycles. The van der Waals surface area contributed by atoms with Crippen LogP contribution >= 0.6 is 11.3 Å². The number of benzene rings is 1. The zero-order chi connectivity index (χ0) is 14.9. The number of amides is 1. The average molecular weight is 315 g/mol. The molecule has 2 aromatic rings. The molecule has 0 spiro atoms. The Balaban J connectivity index is 1.37. The van der Waals surface area contributed by atoms with Crippen LogP contribution in [0.5, 0.6) is 5.75 Å². The van der Waals surface area contributed by atoms with E-state index < -0.39 is 0 Å². The summed E-state index contributed by atoms with van der Waals surface area (Å²) in [6, 6.07) is 7.90. The number of carbonyl (C=O) groups is 1. The van der Waals surface area contributed by atoms with Gasteiger partial charge in [0.15, 0.2) is 11.2 Å². The van der Waals surface area contributed by atoms with E-state index in [2.05, 4.69) is 9.88 Å². The Labute approximate surface area is 133 Å². The number of hydrogen-bond donors (Lipinski definition) is 0. The summed E-state index contributed by atoms with van der Waals surface area (Å²) in [5, 5.41) is 3.02. The van der Waals surface area contributed by atoms with Crippen molar-refractivity contribution in [2.24, 2.45) is 0 Å². The summed E-state index contributed by atoms with van der Waals surface area (Å²) in [5.41, 5.74) is 1.13. The number of aromatic nitrogens is 1. The van der Waals surface area contributed by atoms with Crippen LogP contribution < -0.4 is 9.64 Å². The smallest absolute Gasteiger partial charge is 0.264 e. The van der Waals surface area contributed by atoms with Gasteiger partial charge >= 0.3 is 0 Å². The molecule has 1 aromatic heterocycles. The van der Waals surface area contributed by atoms with Gasteiger partial charge in [-0.1, -0.05) is 18.2 Å². The van der Waals surface area contributed by atoms with Gasteiger partial charge in [0.05, 0.1) is 0 Å². The van der Waals surface area contributed by atoms with Crippen LogP contribution in [0.3, 0.4) is 0 Å². The molecule has 1 amide bonds. The van der Waals surface area contributed by atoms with Crippen LogP contribution in [0.25, 0.3) is 0 Å². The molecule has 1 atom stereocenters. The van der Waals surface area contributed by atoms with Crippen LogP contribution in [0, 0.1) is 0 Å². The third kappa shape index (κ3) is 2.43. The van der Waals surface area contributed by atoms with Crippen molar-refractivity contribution in [3.8, 4) is 5.75 Å². The predicted octanol–water partition coefficient (Wildman–Crippen LogP) is 1.80. The van der Waals surface area contributed by atoms with E-state index in [4.69, 9.17) is 4.74 Å². The van der Waals surface area contributed by atoms with E-state index >= 15 is 0 Å². The molecule has 3 heterocycles.